The minimum absolute atomic E-state index is 0.281. The molecule has 1 N–H and O–H groups in total. The van der Waals surface area contributed by atoms with Crippen LogP contribution in [0.25, 0.3) is 0 Å². The molecule has 1 fully saturated rings. The normalized spacial score (nSPS) is 30.6. The number of nitrogens with one attached hydrogen (secondary N) is 1. The molecule has 0 aromatic rings. The van der Waals surface area contributed by atoms with Crippen molar-refractivity contribution < 1.29 is 0 Å². The molecule has 1 aliphatic carbocycles. The van der Waals surface area contributed by atoms with E-state index in [2.05, 4.69) is 12.6 Å². The minimum atomic E-state index is 0.281. The van der Waals surface area contributed by atoms with Crippen LogP contribution in [0.1, 0.15) is 25.7 Å². The molecule has 1 nitrogen and oxygen atoms in total. The highest BCUT2D eigenvalue weighted by atomic mass is 32.1. The van der Waals surface area contributed by atoms with Crippen LogP contribution in [0, 0.1) is 5.41 Å². The van der Waals surface area contributed by atoms with E-state index in [-0.39, 0.29) is 5.25 Å². The van der Waals surface area contributed by atoms with Gasteiger partial charge in [0.2, 0.25) is 0 Å². The molecule has 0 spiro atoms. The van der Waals surface area contributed by atoms with Gasteiger partial charge in [-0.1, -0.05) is 6.42 Å². The molecule has 1 atom stereocenters. The van der Waals surface area contributed by atoms with E-state index in [4.69, 9.17) is 5.41 Å². The highest BCUT2D eigenvalue weighted by molar-refractivity contribution is 7.81. The Bertz CT molecular complexity index is 101. The van der Waals surface area contributed by atoms with Gasteiger partial charge in [0.25, 0.3) is 0 Å². The summed E-state index contributed by atoms with van der Waals surface area (Å²) in [6.45, 7) is 0. The van der Waals surface area contributed by atoms with Crippen molar-refractivity contribution in [1.29, 1.82) is 5.41 Å². The summed E-state index contributed by atoms with van der Waals surface area (Å²) >= 11 is 4.23. The highest BCUT2D eigenvalue weighted by Crippen LogP contribution is 2.18. The Balaban J connectivity index is 2.39. The SMILES string of the molecule is N=C1CCCC[C@@H]1S. The first-order valence-electron chi connectivity index (χ1n) is 3.06. The van der Waals surface area contributed by atoms with E-state index < -0.39 is 0 Å². The van der Waals surface area contributed by atoms with Crippen molar-refractivity contribution in [2.75, 3.05) is 0 Å². The average Bonchev–Trinajstić information content (AvgIpc) is 1.77. The lowest BCUT2D eigenvalue weighted by molar-refractivity contribution is 0.673. The molecule has 46 valence electrons. The molecule has 0 unspecified atom stereocenters. The van der Waals surface area contributed by atoms with Crippen LogP contribution in [0.3, 0.4) is 0 Å². The second-order valence-electron chi connectivity index (χ2n) is 2.29. The van der Waals surface area contributed by atoms with Crippen LogP contribution in [0.2, 0.25) is 0 Å². The summed E-state index contributed by atoms with van der Waals surface area (Å²) in [7, 11) is 0. The number of rotatable bonds is 0. The molecule has 1 rings (SSSR count). The Hall–Kier alpha value is 0.0200. The van der Waals surface area contributed by atoms with Crippen molar-refractivity contribution in [2.45, 2.75) is 30.9 Å². The fourth-order valence-electron chi connectivity index (χ4n) is 0.994. The first-order chi connectivity index (χ1) is 3.80. The first-order valence-corrected chi connectivity index (χ1v) is 3.58. The maximum absolute atomic E-state index is 7.32. The van der Waals surface area contributed by atoms with Gasteiger partial charge in [-0.25, -0.2) is 0 Å². The number of thiol groups is 1. The van der Waals surface area contributed by atoms with Crippen molar-refractivity contribution in [3.8, 4) is 0 Å². The lowest BCUT2D eigenvalue weighted by atomic mass is 9.98. The Morgan fingerprint density at radius 3 is 2.62 bits per heavy atom. The highest BCUT2D eigenvalue weighted by Gasteiger charge is 2.13. The molecule has 0 heterocycles. The number of hydrogen-bond acceptors (Lipinski definition) is 2. The Labute approximate surface area is 55.4 Å². The van der Waals surface area contributed by atoms with E-state index in [1.54, 1.807) is 0 Å². The largest absolute Gasteiger partial charge is 0.309 e. The van der Waals surface area contributed by atoms with Gasteiger partial charge in [-0.15, -0.1) is 0 Å². The Morgan fingerprint density at radius 2 is 2.25 bits per heavy atom. The Morgan fingerprint density at radius 1 is 1.50 bits per heavy atom. The van der Waals surface area contributed by atoms with Gasteiger partial charge in [-0.05, 0) is 19.3 Å². The molecular weight excluding hydrogens is 118 g/mol. The third kappa shape index (κ3) is 1.25. The zero-order valence-electron chi connectivity index (χ0n) is 4.85. The smallest absolute Gasteiger partial charge is 0.0393 e. The zero-order chi connectivity index (χ0) is 5.98. The molecular formula is C6H11NS. The van der Waals surface area contributed by atoms with E-state index in [9.17, 15) is 0 Å². The summed E-state index contributed by atoms with van der Waals surface area (Å²) in [4.78, 5) is 0. The molecule has 0 saturated heterocycles. The fraction of sp³-hybridized carbons (Fsp3) is 0.833. The second kappa shape index (κ2) is 2.53. The molecule has 0 aliphatic heterocycles. The van der Waals surface area contributed by atoms with Crippen LogP contribution < -0.4 is 0 Å². The standard InChI is InChI=1S/C6H11NS/c7-5-3-1-2-4-6(5)8/h6-8H,1-4H2/t6-/m0/s1. The van der Waals surface area contributed by atoms with Gasteiger partial charge in [0.05, 0.1) is 0 Å². The predicted molar refractivity (Wildman–Crippen MR) is 39.0 cm³/mol. The van der Waals surface area contributed by atoms with Gasteiger partial charge in [-0.3, -0.25) is 0 Å². The fourth-order valence-corrected chi connectivity index (χ4v) is 1.31. The van der Waals surface area contributed by atoms with Gasteiger partial charge in [0.1, 0.15) is 0 Å². The third-order valence-corrected chi connectivity index (χ3v) is 2.15. The summed E-state index contributed by atoms with van der Waals surface area (Å²) in [5.74, 6) is 0. The van der Waals surface area contributed by atoms with Crippen molar-refractivity contribution >= 4 is 18.3 Å². The summed E-state index contributed by atoms with van der Waals surface area (Å²) in [6.07, 6.45) is 4.56. The van der Waals surface area contributed by atoms with Gasteiger partial charge in [-0.2, -0.15) is 12.6 Å². The van der Waals surface area contributed by atoms with E-state index in [1.807, 2.05) is 0 Å². The maximum atomic E-state index is 7.32. The van der Waals surface area contributed by atoms with Crippen LogP contribution in [0.4, 0.5) is 0 Å². The molecule has 1 aliphatic rings. The number of hydrogen-bond donors (Lipinski definition) is 2. The molecule has 8 heavy (non-hydrogen) atoms. The van der Waals surface area contributed by atoms with Gasteiger partial charge >= 0.3 is 0 Å². The summed E-state index contributed by atoms with van der Waals surface area (Å²) in [6, 6.07) is 0. The van der Waals surface area contributed by atoms with Gasteiger partial charge < -0.3 is 5.41 Å². The van der Waals surface area contributed by atoms with Crippen LogP contribution in [0.5, 0.6) is 0 Å². The van der Waals surface area contributed by atoms with Crippen LogP contribution >= 0.6 is 12.6 Å². The average molecular weight is 129 g/mol. The molecule has 0 radical (unpaired) electrons. The quantitative estimate of drug-likeness (QED) is 0.467. The summed E-state index contributed by atoms with van der Waals surface area (Å²) < 4.78 is 0. The molecule has 0 amide bonds. The van der Waals surface area contributed by atoms with Crippen molar-refractivity contribution in [1.82, 2.24) is 0 Å². The van der Waals surface area contributed by atoms with Crippen molar-refractivity contribution in [3.63, 3.8) is 0 Å². The summed E-state index contributed by atoms with van der Waals surface area (Å²) in [5.41, 5.74) is 0.833. The van der Waals surface area contributed by atoms with Gasteiger partial charge in [0.15, 0.2) is 0 Å². The molecule has 1 saturated carbocycles. The lowest BCUT2D eigenvalue weighted by Gasteiger charge is -2.16. The zero-order valence-corrected chi connectivity index (χ0v) is 5.75. The van der Waals surface area contributed by atoms with Gasteiger partial charge in [0, 0.05) is 11.0 Å². The van der Waals surface area contributed by atoms with E-state index in [0.717, 1.165) is 18.6 Å². The minimum Gasteiger partial charge on any atom is -0.309 e. The van der Waals surface area contributed by atoms with E-state index >= 15 is 0 Å². The molecule has 2 heteroatoms. The van der Waals surface area contributed by atoms with Crippen LogP contribution in [0.15, 0.2) is 0 Å². The van der Waals surface area contributed by atoms with E-state index in [0.29, 0.717) is 0 Å². The molecule has 0 bridgehead atoms. The van der Waals surface area contributed by atoms with Crippen molar-refractivity contribution in [2.24, 2.45) is 0 Å². The topological polar surface area (TPSA) is 23.9 Å². The second-order valence-corrected chi connectivity index (χ2v) is 2.91. The van der Waals surface area contributed by atoms with Crippen molar-refractivity contribution in [3.05, 3.63) is 0 Å². The molecule has 0 aromatic carbocycles. The first kappa shape index (κ1) is 6.14. The lowest BCUT2D eigenvalue weighted by Crippen LogP contribution is -2.17. The predicted octanol–water partition coefficient (Wildman–Crippen LogP) is 1.88. The van der Waals surface area contributed by atoms with Crippen LogP contribution in [-0.2, 0) is 0 Å². The molecule has 0 aromatic heterocycles. The van der Waals surface area contributed by atoms with Crippen LogP contribution in [-0.4, -0.2) is 11.0 Å². The van der Waals surface area contributed by atoms with E-state index in [1.165, 1.54) is 12.8 Å². The maximum Gasteiger partial charge on any atom is 0.0393 e. The Kier molecular flexibility index (Phi) is 1.95. The summed E-state index contributed by atoms with van der Waals surface area (Å²) in [5, 5.41) is 7.60. The monoisotopic (exact) mass is 129 g/mol. The third-order valence-electron chi connectivity index (χ3n) is 1.58.